The van der Waals surface area contributed by atoms with Gasteiger partial charge in [-0.1, -0.05) is 11.6 Å². The fourth-order valence-corrected chi connectivity index (χ4v) is 4.47. The number of anilines is 1. The van der Waals surface area contributed by atoms with Gasteiger partial charge in [0.1, 0.15) is 5.82 Å². The zero-order valence-electron chi connectivity index (χ0n) is 14.0. The van der Waals surface area contributed by atoms with Crippen molar-refractivity contribution < 1.29 is 22.4 Å². The predicted molar refractivity (Wildman–Crippen MR) is 88.5 cm³/mol. The summed E-state index contributed by atoms with van der Waals surface area (Å²) in [6, 6.07) is 2.17. The number of carbonyl (C=O) groups excluding carboxylic acids is 1. The topological polar surface area (TPSA) is 55.1 Å². The van der Waals surface area contributed by atoms with Gasteiger partial charge in [-0.15, -0.1) is 0 Å². The molecule has 3 fully saturated rings. The van der Waals surface area contributed by atoms with Crippen LogP contribution in [0.3, 0.4) is 0 Å². The minimum Gasteiger partial charge on any atom is -0.326 e. The van der Waals surface area contributed by atoms with Gasteiger partial charge >= 0.3 is 6.18 Å². The summed E-state index contributed by atoms with van der Waals surface area (Å²) in [7, 11) is 0. The quantitative estimate of drug-likeness (QED) is 0.623. The number of halogens is 4. The molecule has 4 atom stereocenters. The minimum absolute atomic E-state index is 0.0635. The Kier molecular flexibility index (Phi) is 4.10. The van der Waals surface area contributed by atoms with E-state index < -0.39 is 23.5 Å². The van der Waals surface area contributed by atoms with Gasteiger partial charge in [0.05, 0.1) is 11.5 Å². The van der Waals surface area contributed by atoms with Gasteiger partial charge in [0, 0.05) is 11.7 Å². The molecule has 4 rings (SSSR count). The van der Waals surface area contributed by atoms with Crippen LogP contribution >= 0.6 is 0 Å². The maximum Gasteiger partial charge on any atom is 0.419 e. The molecule has 3 aliphatic rings. The number of rotatable bonds is 3. The molecule has 3 N–H and O–H groups in total. The summed E-state index contributed by atoms with van der Waals surface area (Å²) in [6.45, 7) is 0. The maximum atomic E-state index is 13.4. The van der Waals surface area contributed by atoms with Gasteiger partial charge in [-0.05, 0) is 61.6 Å². The first-order chi connectivity index (χ1) is 12.3. The summed E-state index contributed by atoms with van der Waals surface area (Å²) in [5.41, 5.74) is 6.10. The third kappa shape index (κ3) is 3.02. The number of nitrogens with two attached hydrogens (primary N) is 1. The largest absolute Gasteiger partial charge is 0.419 e. The Labute approximate surface area is 148 Å². The molecule has 26 heavy (non-hydrogen) atoms. The molecule has 0 radical (unpaired) electrons. The lowest BCUT2D eigenvalue weighted by molar-refractivity contribution is -0.140. The van der Waals surface area contributed by atoms with Crippen LogP contribution < -0.4 is 11.1 Å². The Morgan fingerprint density at radius 2 is 1.85 bits per heavy atom. The molecular formula is C19H20F4N2O. The van der Waals surface area contributed by atoms with E-state index in [0.717, 1.165) is 25.0 Å². The van der Waals surface area contributed by atoms with Gasteiger partial charge in [0.25, 0.3) is 0 Å². The van der Waals surface area contributed by atoms with Crippen molar-refractivity contribution in [3.05, 3.63) is 41.2 Å². The zero-order chi connectivity index (χ0) is 18.6. The highest BCUT2D eigenvalue weighted by atomic mass is 19.4. The van der Waals surface area contributed by atoms with Gasteiger partial charge in [0.2, 0.25) is 5.91 Å². The van der Waals surface area contributed by atoms with Crippen molar-refractivity contribution in [2.75, 3.05) is 5.32 Å². The highest BCUT2D eigenvalue weighted by Crippen LogP contribution is 2.53. The van der Waals surface area contributed by atoms with Gasteiger partial charge < -0.3 is 11.1 Å². The lowest BCUT2D eigenvalue weighted by Gasteiger charge is -2.26. The van der Waals surface area contributed by atoms with E-state index in [1.807, 2.05) is 0 Å². The van der Waals surface area contributed by atoms with E-state index in [-0.39, 0.29) is 29.5 Å². The first-order valence-corrected chi connectivity index (χ1v) is 8.90. The number of hydrogen-bond donors (Lipinski definition) is 2. The molecule has 0 saturated heterocycles. The molecular weight excluding hydrogens is 348 g/mol. The molecule has 0 unspecified atom stereocenters. The van der Waals surface area contributed by atoms with Crippen LogP contribution in [0, 0.1) is 29.5 Å². The number of alkyl halides is 3. The van der Waals surface area contributed by atoms with Crippen molar-refractivity contribution >= 4 is 11.6 Å². The van der Waals surface area contributed by atoms with E-state index in [4.69, 9.17) is 5.73 Å². The van der Waals surface area contributed by atoms with E-state index >= 15 is 0 Å². The van der Waals surface area contributed by atoms with E-state index in [2.05, 4.69) is 11.4 Å². The summed E-state index contributed by atoms with van der Waals surface area (Å²) in [5.74, 6) is -1.34. The predicted octanol–water partition coefficient (Wildman–Crippen LogP) is 4.10. The first kappa shape index (κ1) is 17.5. The standard InChI is InChI=1S/C19H20F4N2O/c20-15-6-3-10(8-14(15)19(21,22)23)25-18(26)16-11-4-5-12(17(16)24)13(11)7-9-1-2-9/h3,6-9,11-12,16-17H,1-2,4-5,24H2,(H,25,26)/b13-7-/t11-,12+,16-,17+/m0/s1. The Morgan fingerprint density at radius 1 is 1.15 bits per heavy atom. The molecule has 0 spiro atoms. The van der Waals surface area contributed by atoms with E-state index in [0.29, 0.717) is 12.0 Å². The average Bonchev–Trinajstić information content (AvgIpc) is 3.23. The number of nitrogens with one attached hydrogen (secondary N) is 1. The number of allylic oxidation sites excluding steroid dienone is 1. The van der Waals surface area contributed by atoms with Crippen LogP contribution in [0.15, 0.2) is 29.8 Å². The van der Waals surface area contributed by atoms with Crippen molar-refractivity contribution in [1.29, 1.82) is 0 Å². The second-order valence-corrected chi connectivity index (χ2v) is 7.58. The molecule has 3 nitrogen and oxygen atoms in total. The molecule has 0 heterocycles. The summed E-state index contributed by atoms with van der Waals surface area (Å²) in [5, 5.41) is 2.52. The molecule has 2 bridgehead atoms. The van der Waals surface area contributed by atoms with E-state index in [1.165, 1.54) is 18.4 Å². The Hall–Kier alpha value is -1.89. The molecule has 3 saturated carbocycles. The Morgan fingerprint density at radius 3 is 2.50 bits per heavy atom. The average molecular weight is 368 g/mol. The number of benzene rings is 1. The van der Waals surface area contributed by atoms with Crippen molar-refractivity contribution in [1.82, 2.24) is 0 Å². The third-order valence-corrected chi connectivity index (χ3v) is 5.85. The van der Waals surface area contributed by atoms with Crippen LogP contribution in [0.2, 0.25) is 0 Å². The van der Waals surface area contributed by atoms with Gasteiger partial charge in [0.15, 0.2) is 0 Å². The smallest absolute Gasteiger partial charge is 0.326 e. The molecule has 3 aliphatic carbocycles. The maximum absolute atomic E-state index is 13.4. The lowest BCUT2D eigenvalue weighted by atomic mass is 9.84. The highest BCUT2D eigenvalue weighted by Gasteiger charge is 2.52. The highest BCUT2D eigenvalue weighted by molar-refractivity contribution is 5.94. The second-order valence-electron chi connectivity index (χ2n) is 7.58. The molecule has 0 aliphatic heterocycles. The molecule has 1 aromatic rings. The Balaban J connectivity index is 1.54. The van der Waals surface area contributed by atoms with E-state index in [1.54, 1.807) is 0 Å². The number of fused-ring (bicyclic) bond motifs is 2. The van der Waals surface area contributed by atoms with E-state index in [9.17, 15) is 22.4 Å². The van der Waals surface area contributed by atoms with Crippen LogP contribution in [0.25, 0.3) is 0 Å². The van der Waals surface area contributed by atoms with Crippen molar-refractivity contribution in [2.24, 2.45) is 29.4 Å². The fraction of sp³-hybridized carbons (Fsp3) is 0.526. The Bertz CT molecular complexity index is 769. The summed E-state index contributed by atoms with van der Waals surface area (Å²) in [4.78, 5) is 12.7. The molecule has 1 amide bonds. The molecule has 140 valence electrons. The van der Waals surface area contributed by atoms with Crippen LogP contribution in [-0.2, 0) is 11.0 Å². The molecule has 1 aromatic carbocycles. The summed E-state index contributed by atoms with van der Waals surface area (Å²) in [6.07, 6.45) is 1.63. The van der Waals surface area contributed by atoms with Crippen LogP contribution in [0.5, 0.6) is 0 Å². The number of hydrogen-bond acceptors (Lipinski definition) is 2. The third-order valence-electron chi connectivity index (χ3n) is 5.85. The van der Waals surface area contributed by atoms with Crippen molar-refractivity contribution in [3.8, 4) is 0 Å². The van der Waals surface area contributed by atoms with Crippen LogP contribution in [0.1, 0.15) is 31.2 Å². The van der Waals surface area contributed by atoms with Crippen LogP contribution in [0.4, 0.5) is 23.2 Å². The number of amides is 1. The van der Waals surface area contributed by atoms with Gasteiger partial charge in [-0.2, -0.15) is 13.2 Å². The fourth-order valence-electron chi connectivity index (χ4n) is 4.47. The normalized spacial score (nSPS) is 32.3. The first-order valence-electron chi connectivity index (χ1n) is 8.90. The zero-order valence-corrected chi connectivity index (χ0v) is 14.0. The van der Waals surface area contributed by atoms with Gasteiger partial charge in [-0.3, -0.25) is 4.79 Å². The van der Waals surface area contributed by atoms with Crippen molar-refractivity contribution in [3.63, 3.8) is 0 Å². The van der Waals surface area contributed by atoms with Crippen molar-refractivity contribution in [2.45, 2.75) is 37.9 Å². The lowest BCUT2D eigenvalue weighted by Crippen LogP contribution is -2.42. The molecule has 7 heteroatoms. The van der Waals surface area contributed by atoms with Crippen LogP contribution in [-0.4, -0.2) is 11.9 Å². The summed E-state index contributed by atoms with van der Waals surface area (Å²) < 4.78 is 52.0. The number of carbonyl (C=O) groups is 1. The second kappa shape index (κ2) is 6.08. The SMILES string of the molecule is N[C@H]1[C@@H](C(=O)Nc2ccc(F)c(C(F)(F)F)c2)[C@H]2CC[C@@H]1/C2=C\C1CC1. The molecule has 0 aromatic heterocycles. The van der Waals surface area contributed by atoms with Gasteiger partial charge in [-0.25, -0.2) is 4.39 Å². The monoisotopic (exact) mass is 368 g/mol. The minimum atomic E-state index is -4.81. The summed E-state index contributed by atoms with van der Waals surface area (Å²) >= 11 is 0.